The van der Waals surface area contributed by atoms with Gasteiger partial charge in [0.05, 0.1) is 13.2 Å². The molecule has 1 amide bonds. The Labute approximate surface area is 136 Å². The highest BCUT2D eigenvalue weighted by Gasteiger charge is 2.37. The van der Waals surface area contributed by atoms with Gasteiger partial charge in [-0.25, -0.2) is 4.79 Å². The molecule has 1 aliphatic carbocycles. The van der Waals surface area contributed by atoms with Gasteiger partial charge >= 0.3 is 5.97 Å². The van der Waals surface area contributed by atoms with E-state index in [2.05, 4.69) is 24.3 Å². The number of hydrogen-bond donors (Lipinski definition) is 1. The van der Waals surface area contributed by atoms with E-state index in [1.165, 1.54) is 10.5 Å². The molecule has 124 valence electrons. The maximum absolute atomic E-state index is 12.7. The summed E-state index contributed by atoms with van der Waals surface area (Å²) in [7, 11) is 0. The first-order valence-electron chi connectivity index (χ1n) is 8.33. The van der Waals surface area contributed by atoms with Gasteiger partial charge in [-0.05, 0) is 37.2 Å². The molecule has 1 saturated heterocycles. The molecule has 0 spiro atoms. The van der Waals surface area contributed by atoms with Gasteiger partial charge in [-0.15, -0.1) is 0 Å². The number of benzene rings is 1. The molecule has 0 radical (unpaired) electrons. The number of carboxylic acids is 1. The third-order valence-electron chi connectivity index (χ3n) is 5.04. The summed E-state index contributed by atoms with van der Waals surface area (Å²) in [5.41, 5.74) is 1.34. The summed E-state index contributed by atoms with van der Waals surface area (Å²) in [4.78, 5) is 25.5. The third-order valence-corrected chi connectivity index (χ3v) is 5.04. The highest BCUT2D eigenvalue weighted by atomic mass is 16.5. The van der Waals surface area contributed by atoms with Crippen LogP contribution in [0.5, 0.6) is 0 Å². The maximum atomic E-state index is 12.7. The van der Waals surface area contributed by atoms with Crippen molar-refractivity contribution in [3.05, 3.63) is 35.9 Å². The van der Waals surface area contributed by atoms with Crippen LogP contribution in [0.4, 0.5) is 0 Å². The number of ether oxygens (including phenoxy) is 1. The van der Waals surface area contributed by atoms with Gasteiger partial charge < -0.3 is 14.7 Å². The molecule has 1 aromatic carbocycles. The van der Waals surface area contributed by atoms with Crippen LogP contribution < -0.4 is 0 Å². The van der Waals surface area contributed by atoms with E-state index < -0.39 is 12.0 Å². The van der Waals surface area contributed by atoms with E-state index in [0.29, 0.717) is 19.1 Å². The van der Waals surface area contributed by atoms with Crippen molar-refractivity contribution < 1.29 is 19.4 Å². The van der Waals surface area contributed by atoms with E-state index in [9.17, 15) is 14.7 Å². The number of amides is 1. The summed E-state index contributed by atoms with van der Waals surface area (Å²) in [6, 6.07) is 9.59. The zero-order valence-electron chi connectivity index (χ0n) is 13.2. The monoisotopic (exact) mass is 317 g/mol. The van der Waals surface area contributed by atoms with Crippen molar-refractivity contribution in [3.63, 3.8) is 0 Å². The zero-order valence-corrected chi connectivity index (χ0v) is 13.2. The molecule has 1 aromatic rings. The second kappa shape index (κ2) is 7.13. The lowest BCUT2D eigenvalue weighted by atomic mass is 9.78. The van der Waals surface area contributed by atoms with E-state index in [-0.39, 0.29) is 18.4 Å². The molecule has 2 fully saturated rings. The van der Waals surface area contributed by atoms with Gasteiger partial charge in [0.25, 0.3) is 0 Å². The highest BCUT2D eigenvalue weighted by molar-refractivity contribution is 5.85. The number of aliphatic carboxylic acids is 1. The standard InChI is InChI=1S/C18H23NO4/c20-17(19-10-11-23-12-16(19)18(21)22)15-8-6-14(7-9-15)13-4-2-1-3-5-13/h1-5,14-16H,6-12H2,(H,21,22)/t14?,15?,16-/m1/s1. The van der Waals surface area contributed by atoms with Crippen LogP contribution >= 0.6 is 0 Å². The largest absolute Gasteiger partial charge is 0.480 e. The second-order valence-corrected chi connectivity index (χ2v) is 6.42. The predicted octanol–water partition coefficient (Wildman–Crippen LogP) is 2.27. The molecular formula is C18H23NO4. The van der Waals surface area contributed by atoms with Crippen LogP contribution in [-0.2, 0) is 14.3 Å². The molecule has 1 heterocycles. The second-order valence-electron chi connectivity index (χ2n) is 6.42. The minimum atomic E-state index is -0.976. The molecule has 5 heteroatoms. The van der Waals surface area contributed by atoms with Crippen LogP contribution in [0, 0.1) is 5.92 Å². The molecule has 1 atom stereocenters. The van der Waals surface area contributed by atoms with Crippen LogP contribution in [0.25, 0.3) is 0 Å². The van der Waals surface area contributed by atoms with Crippen molar-refractivity contribution in [2.75, 3.05) is 19.8 Å². The van der Waals surface area contributed by atoms with Crippen molar-refractivity contribution >= 4 is 11.9 Å². The van der Waals surface area contributed by atoms with Gasteiger partial charge in [0.1, 0.15) is 0 Å². The quantitative estimate of drug-likeness (QED) is 0.929. The van der Waals surface area contributed by atoms with Crippen LogP contribution in [0.3, 0.4) is 0 Å². The average Bonchev–Trinajstić information content (AvgIpc) is 2.62. The SMILES string of the molecule is O=C(O)[C@H]1COCCN1C(=O)C1CCC(c2ccccc2)CC1. The van der Waals surface area contributed by atoms with Gasteiger partial charge in [0.15, 0.2) is 6.04 Å². The van der Waals surface area contributed by atoms with Crippen molar-refractivity contribution in [1.82, 2.24) is 4.90 Å². The fraction of sp³-hybridized carbons (Fsp3) is 0.556. The lowest BCUT2D eigenvalue weighted by Crippen LogP contribution is -2.54. The molecule has 23 heavy (non-hydrogen) atoms. The summed E-state index contributed by atoms with van der Waals surface area (Å²) in [5.74, 6) is -0.515. The van der Waals surface area contributed by atoms with Crippen molar-refractivity contribution in [3.8, 4) is 0 Å². The minimum Gasteiger partial charge on any atom is -0.480 e. The van der Waals surface area contributed by atoms with E-state index in [1.54, 1.807) is 0 Å². The van der Waals surface area contributed by atoms with Crippen LogP contribution in [-0.4, -0.2) is 47.7 Å². The topological polar surface area (TPSA) is 66.8 Å². The maximum Gasteiger partial charge on any atom is 0.328 e. The Bertz CT molecular complexity index is 551. The number of hydrogen-bond acceptors (Lipinski definition) is 3. The van der Waals surface area contributed by atoms with E-state index in [1.807, 2.05) is 6.07 Å². The number of nitrogens with zero attached hydrogens (tertiary/aromatic N) is 1. The first-order chi connectivity index (χ1) is 11.2. The number of carbonyl (C=O) groups excluding carboxylic acids is 1. The molecular weight excluding hydrogens is 294 g/mol. The Morgan fingerprint density at radius 2 is 1.78 bits per heavy atom. The summed E-state index contributed by atoms with van der Waals surface area (Å²) in [6.07, 6.45) is 3.65. The van der Waals surface area contributed by atoms with Crippen molar-refractivity contribution in [1.29, 1.82) is 0 Å². The Morgan fingerprint density at radius 3 is 2.43 bits per heavy atom. The summed E-state index contributed by atoms with van der Waals surface area (Å²) >= 11 is 0. The first kappa shape index (κ1) is 16.0. The molecule has 0 bridgehead atoms. The average molecular weight is 317 g/mol. The van der Waals surface area contributed by atoms with Gasteiger partial charge in [0.2, 0.25) is 5.91 Å². The summed E-state index contributed by atoms with van der Waals surface area (Å²) in [6.45, 7) is 0.906. The normalized spacial score (nSPS) is 28.3. The van der Waals surface area contributed by atoms with Crippen LogP contribution in [0.2, 0.25) is 0 Å². The number of rotatable bonds is 3. The molecule has 1 aliphatic heterocycles. The molecule has 1 N–H and O–H groups in total. The number of carboxylic acid groups (broad SMARTS) is 1. The lowest BCUT2D eigenvalue weighted by molar-refractivity contribution is -0.160. The Morgan fingerprint density at radius 1 is 1.09 bits per heavy atom. The smallest absolute Gasteiger partial charge is 0.328 e. The van der Waals surface area contributed by atoms with Gasteiger partial charge in [-0.3, -0.25) is 4.79 Å². The van der Waals surface area contributed by atoms with Crippen molar-refractivity contribution in [2.24, 2.45) is 5.92 Å². The fourth-order valence-electron chi connectivity index (χ4n) is 3.71. The predicted molar refractivity (Wildman–Crippen MR) is 85.1 cm³/mol. The highest BCUT2D eigenvalue weighted by Crippen LogP contribution is 2.36. The Hall–Kier alpha value is -1.88. The van der Waals surface area contributed by atoms with Gasteiger partial charge in [-0.2, -0.15) is 0 Å². The van der Waals surface area contributed by atoms with Crippen LogP contribution in [0.15, 0.2) is 30.3 Å². The van der Waals surface area contributed by atoms with Gasteiger partial charge in [-0.1, -0.05) is 30.3 Å². The third kappa shape index (κ3) is 3.55. The van der Waals surface area contributed by atoms with E-state index in [4.69, 9.17) is 4.74 Å². The number of morpholine rings is 1. The van der Waals surface area contributed by atoms with Crippen molar-refractivity contribution in [2.45, 2.75) is 37.6 Å². The van der Waals surface area contributed by atoms with Gasteiger partial charge in [0, 0.05) is 12.5 Å². The van der Waals surface area contributed by atoms with E-state index >= 15 is 0 Å². The minimum absolute atomic E-state index is 0.00721. The summed E-state index contributed by atoms with van der Waals surface area (Å²) < 4.78 is 5.21. The van der Waals surface area contributed by atoms with E-state index in [0.717, 1.165) is 25.7 Å². The lowest BCUT2D eigenvalue weighted by Gasteiger charge is -2.37. The van der Waals surface area contributed by atoms with Crippen LogP contribution in [0.1, 0.15) is 37.2 Å². The zero-order chi connectivity index (χ0) is 16.2. The molecule has 5 nitrogen and oxygen atoms in total. The molecule has 0 aromatic heterocycles. The Kier molecular flexibility index (Phi) is 4.96. The number of carbonyl (C=O) groups is 2. The molecule has 0 unspecified atom stereocenters. The molecule has 2 aliphatic rings. The summed E-state index contributed by atoms with van der Waals surface area (Å²) in [5, 5.41) is 9.27. The molecule has 3 rings (SSSR count). The fourth-order valence-corrected chi connectivity index (χ4v) is 3.71. The first-order valence-corrected chi connectivity index (χ1v) is 8.33. The molecule has 1 saturated carbocycles. The Balaban J connectivity index is 1.60.